The van der Waals surface area contributed by atoms with Crippen molar-refractivity contribution in [1.82, 2.24) is 9.55 Å². The summed E-state index contributed by atoms with van der Waals surface area (Å²) < 4.78 is 6.65. The topological polar surface area (TPSA) is 90.3 Å². The zero-order valence-corrected chi connectivity index (χ0v) is 18.7. The zero-order chi connectivity index (χ0) is 22.1. The second kappa shape index (κ2) is 8.63. The van der Waals surface area contributed by atoms with Gasteiger partial charge in [0.2, 0.25) is 5.91 Å². The summed E-state index contributed by atoms with van der Waals surface area (Å²) in [7, 11) is 0. The maximum atomic E-state index is 13.4. The summed E-state index contributed by atoms with van der Waals surface area (Å²) in [5.74, 6) is -0.583. The number of hydrogen-bond donors (Lipinski definition) is 1. The van der Waals surface area contributed by atoms with Crippen molar-refractivity contribution in [1.29, 1.82) is 0 Å². The molecule has 1 N–H and O–H groups in total. The first-order chi connectivity index (χ1) is 14.9. The van der Waals surface area contributed by atoms with E-state index in [0.29, 0.717) is 34.8 Å². The van der Waals surface area contributed by atoms with Crippen LogP contribution in [-0.4, -0.2) is 28.0 Å². The van der Waals surface area contributed by atoms with E-state index in [1.54, 1.807) is 13.8 Å². The minimum absolute atomic E-state index is 0.143. The first kappa shape index (κ1) is 21.2. The fourth-order valence-electron chi connectivity index (χ4n) is 4.06. The van der Waals surface area contributed by atoms with Crippen LogP contribution in [0.15, 0.2) is 29.1 Å². The molecule has 1 unspecified atom stereocenters. The Kier molecular flexibility index (Phi) is 5.91. The van der Waals surface area contributed by atoms with E-state index >= 15 is 0 Å². The van der Waals surface area contributed by atoms with Gasteiger partial charge in [-0.2, -0.15) is 0 Å². The molecule has 0 bridgehead atoms. The maximum absolute atomic E-state index is 13.4. The van der Waals surface area contributed by atoms with E-state index < -0.39 is 5.92 Å². The highest BCUT2D eigenvalue weighted by Crippen LogP contribution is 2.41. The molecule has 2 aromatic heterocycles. The third kappa shape index (κ3) is 4.12. The molecule has 2 heterocycles. The molecule has 162 valence electrons. The SMILES string of the molecule is CCOC(=O)C1CCCc2sc3nc(C)n(CC(=O)Nc4ccc(C)cc4)c(=O)c3c21. The van der Waals surface area contributed by atoms with E-state index in [0.717, 1.165) is 28.8 Å². The molecular weight excluding hydrogens is 414 g/mol. The van der Waals surface area contributed by atoms with E-state index in [9.17, 15) is 14.4 Å². The lowest BCUT2D eigenvalue weighted by molar-refractivity contribution is -0.145. The van der Waals surface area contributed by atoms with Gasteiger partial charge in [-0.1, -0.05) is 17.7 Å². The van der Waals surface area contributed by atoms with Gasteiger partial charge in [0.05, 0.1) is 17.9 Å². The van der Waals surface area contributed by atoms with Crippen LogP contribution in [-0.2, 0) is 27.3 Å². The molecule has 0 radical (unpaired) electrons. The van der Waals surface area contributed by atoms with Crippen molar-refractivity contribution in [3.8, 4) is 0 Å². The molecule has 31 heavy (non-hydrogen) atoms. The van der Waals surface area contributed by atoms with Gasteiger partial charge in [0.25, 0.3) is 5.56 Å². The number of ether oxygens (including phenoxy) is 1. The predicted octanol–water partition coefficient (Wildman–Crippen LogP) is 3.70. The highest BCUT2D eigenvalue weighted by molar-refractivity contribution is 7.18. The molecule has 1 aliphatic rings. The summed E-state index contributed by atoms with van der Waals surface area (Å²) >= 11 is 1.47. The highest BCUT2D eigenvalue weighted by atomic mass is 32.1. The van der Waals surface area contributed by atoms with Crippen LogP contribution < -0.4 is 10.9 Å². The number of carbonyl (C=O) groups excluding carboxylic acids is 2. The summed E-state index contributed by atoms with van der Waals surface area (Å²) in [6.07, 6.45) is 2.34. The minimum atomic E-state index is -0.454. The Balaban J connectivity index is 1.71. The van der Waals surface area contributed by atoms with Gasteiger partial charge in [-0.15, -0.1) is 11.3 Å². The Morgan fingerprint density at radius 2 is 2.00 bits per heavy atom. The smallest absolute Gasteiger partial charge is 0.313 e. The molecule has 1 amide bonds. The third-order valence-corrected chi connectivity index (χ3v) is 6.73. The Morgan fingerprint density at radius 3 is 2.71 bits per heavy atom. The number of nitrogens with zero attached hydrogens (tertiary/aromatic N) is 2. The van der Waals surface area contributed by atoms with Gasteiger partial charge in [-0.25, -0.2) is 4.98 Å². The summed E-state index contributed by atoms with van der Waals surface area (Å²) in [6.45, 7) is 5.63. The molecule has 3 aromatic rings. The number of rotatable bonds is 5. The molecular formula is C23H25N3O4S. The fraction of sp³-hybridized carbons (Fsp3) is 0.391. The number of esters is 1. The predicted molar refractivity (Wildman–Crippen MR) is 121 cm³/mol. The molecule has 0 aliphatic heterocycles. The number of thiophene rings is 1. The van der Waals surface area contributed by atoms with Gasteiger partial charge < -0.3 is 10.1 Å². The molecule has 0 saturated carbocycles. The van der Waals surface area contributed by atoms with Crippen LogP contribution in [0.3, 0.4) is 0 Å². The van der Waals surface area contributed by atoms with Crippen LogP contribution in [0.5, 0.6) is 0 Å². The molecule has 0 saturated heterocycles. The third-order valence-electron chi connectivity index (χ3n) is 5.57. The van der Waals surface area contributed by atoms with Gasteiger partial charge in [-0.3, -0.25) is 19.0 Å². The van der Waals surface area contributed by atoms with E-state index in [2.05, 4.69) is 10.3 Å². The summed E-state index contributed by atoms with van der Waals surface area (Å²) in [4.78, 5) is 44.9. The second-order valence-corrected chi connectivity index (χ2v) is 8.86. The minimum Gasteiger partial charge on any atom is -0.466 e. The molecule has 7 nitrogen and oxygen atoms in total. The number of anilines is 1. The molecule has 8 heteroatoms. The van der Waals surface area contributed by atoms with Gasteiger partial charge in [0.15, 0.2) is 0 Å². The Morgan fingerprint density at radius 1 is 1.26 bits per heavy atom. The average molecular weight is 440 g/mol. The lowest BCUT2D eigenvalue weighted by atomic mass is 9.86. The molecule has 0 spiro atoms. The van der Waals surface area contributed by atoms with Crippen LogP contribution in [0.4, 0.5) is 5.69 Å². The molecule has 1 aliphatic carbocycles. The summed E-state index contributed by atoms with van der Waals surface area (Å²) in [6, 6.07) is 7.47. The average Bonchev–Trinajstić information content (AvgIpc) is 3.11. The highest BCUT2D eigenvalue weighted by Gasteiger charge is 2.33. The lowest BCUT2D eigenvalue weighted by Gasteiger charge is -2.21. The number of amides is 1. The summed E-state index contributed by atoms with van der Waals surface area (Å²) in [5, 5.41) is 3.27. The van der Waals surface area contributed by atoms with Gasteiger partial charge >= 0.3 is 5.97 Å². The second-order valence-electron chi connectivity index (χ2n) is 7.78. The number of aromatic nitrogens is 2. The van der Waals surface area contributed by atoms with E-state index in [4.69, 9.17) is 4.74 Å². The molecule has 1 atom stereocenters. The summed E-state index contributed by atoms with van der Waals surface area (Å²) in [5.41, 5.74) is 2.23. The van der Waals surface area contributed by atoms with Crippen molar-refractivity contribution >= 4 is 39.1 Å². The standard InChI is InChI=1S/C23H25N3O4S/c1-4-30-23(29)16-6-5-7-17-19(16)20-21(31-17)24-14(3)26(22(20)28)12-18(27)25-15-10-8-13(2)9-11-15/h8-11,16H,4-7,12H2,1-3H3,(H,25,27). The Hall–Kier alpha value is -3.00. The monoisotopic (exact) mass is 439 g/mol. The molecule has 0 fully saturated rings. The quantitative estimate of drug-likeness (QED) is 0.612. The lowest BCUT2D eigenvalue weighted by Crippen LogP contribution is -2.31. The number of nitrogens with one attached hydrogen (secondary N) is 1. The van der Waals surface area contributed by atoms with Crippen molar-refractivity contribution in [2.75, 3.05) is 11.9 Å². The normalized spacial score (nSPS) is 15.5. The number of hydrogen-bond acceptors (Lipinski definition) is 6. The van der Waals surface area contributed by atoms with Crippen molar-refractivity contribution in [2.45, 2.75) is 52.5 Å². The van der Waals surface area contributed by atoms with Crippen molar-refractivity contribution < 1.29 is 14.3 Å². The number of aryl methyl sites for hydroxylation is 3. The van der Waals surface area contributed by atoms with Crippen LogP contribution in [0.1, 0.15) is 47.5 Å². The first-order valence-electron chi connectivity index (χ1n) is 10.4. The van der Waals surface area contributed by atoms with E-state index in [1.165, 1.54) is 15.9 Å². The fourth-order valence-corrected chi connectivity index (χ4v) is 5.37. The molecule has 4 rings (SSSR count). The van der Waals surface area contributed by atoms with Crippen molar-refractivity contribution in [3.05, 3.63) is 56.4 Å². The maximum Gasteiger partial charge on any atom is 0.313 e. The van der Waals surface area contributed by atoms with Crippen LogP contribution in [0.25, 0.3) is 10.2 Å². The van der Waals surface area contributed by atoms with Crippen LogP contribution in [0.2, 0.25) is 0 Å². The first-order valence-corrected chi connectivity index (χ1v) is 11.3. The van der Waals surface area contributed by atoms with Crippen molar-refractivity contribution in [2.24, 2.45) is 0 Å². The number of fused-ring (bicyclic) bond motifs is 3. The Labute approximate surface area is 184 Å². The van der Waals surface area contributed by atoms with E-state index in [1.807, 2.05) is 31.2 Å². The van der Waals surface area contributed by atoms with Crippen molar-refractivity contribution in [3.63, 3.8) is 0 Å². The molecule has 1 aromatic carbocycles. The largest absolute Gasteiger partial charge is 0.466 e. The zero-order valence-electron chi connectivity index (χ0n) is 17.9. The van der Waals surface area contributed by atoms with E-state index in [-0.39, 0.29) is 24.0 Å². The van der Waals surface area contributed by atoms with Gasteiger partial charge in [-0.05, 0) is 57.7 Å². The number of carbonyl (C=O) groups is 2. The number of benzene rings is 1. The van der Waals surface area contributed by atoms with Crippen LogP contribution >= 0.6 is 11.3 Å². The Bertz CT molecular complexity index is 1210. The van der Waals surface area contributed by atoms with Gasteiger partial charge in [0.1, 0.15) is 17.2 Å². The van der Waals surface area contributed by atoms with Gasteiger partial charge in [0, 0.05) is 10.6 Å². The van der Waals surface area contributed by atoms with Crippen LogP contribution in [0, 0.1) is 13.8 Å².